The smallest absolute Gasteiger partial charge is 0.264 e. The third-order valence-corrected chi connectivity index (χ3v) is 9.29. The molecule has 0 fully saturated rings. The number of rotatable bonds is 13. The van der Waals surface area contributed by atoms with Crippen molar-refractivity contribution in [3.63, 3.8) is 0 Å². The minimum atomic E-state index is -4.25. The Labute approximate surface area is 252 Å². The molecule has 11 heteroatoms. The molecule has 41 heavy (non-hydrogen) atoms. The first kappa shape index (κ1) is 32.2. The van der Waals surface area contributed by atoms with E-state index in [1.807, 2.05) is 20.8 Å². The van der Waals surface area contributed by atoms with Gasteiger partial charge in [0.1, 0.15) is 18.3 Å². The Morgan fingerprint density at radius 1 is 0.927 bits per heavy atom. The van der Waals surface area contributed by atoms with Gasteiger partial charge in [0.2, 0.25) is 11.8 Å². The Bertz CT molecular complexity index is 1440. The third-order valence-electron chi connectivity index (χ3n) is 6.71. The van der Waals surface area contributed by atoms with Crippen molar-refractivity contribution >= 4 is 50.7 Å². The Balaban J connectivity index is 2.08. The molecule has 3 aromatic rings. The molecule has 0 radical (unpaired) electrons. The highest BCUT2D eigenvalue weighted by Crippen LogP contribution is 2.35. The lowest BCUT2D eigenvalue weighted by Crippen LogP contribution is -2.53. The van der Waals surface area contributed by atoms with Gasteiger partial charge in [0.15, 0.2) is 0 Å². The van der Waals surface area contributed by atoms with Crippen molar-refractivity contribution in [3.8, 4) is 5.75 Å². The van der Waals surface area contributed by atoms with Crippen LogP contribution in [-0.2, 0) is 26.2 Å². The lowest BCUT2D eigenvalue weighted by Gasteiger charge is -2.34. The third kappa shape index (κ3) is 7.93. The van der Waals surface area contributed by atoms with Crippen LogP contribution in [0.15, 0.2) is 77.7 Å². The van der Waals surface area contributed by atoms with E-state index in [1.165, 1.54) is 29.2 Å². The van der Waals surface area contributed by atoms with Crippen LogP contribution < -0.4 is 14.4 Å². The minimum absolute atomic E-state index is 0.00951. The van der Waals surface area contributed by atoms with E-state index in [2.05, 4.69) is 5.32 Å². The standard InChI is InChI=1S/C30H35Cl2N3O5S/c1-5-21(3)33-30(37)26(6-2)34(19-22-15-17-23(40-4)18-16-22)28(36)20-35(27-14-10-13-25(31)29(27)32)41(38,39)24-11-8-7-9-12-24/h7-18,21,26H,5-6,19-20H2,1-4H3,(H,33,37)/t21-,26-/m0/s1. The van der Waals surface area contributed by atoms with Gasteiger partial charge in [0, 0.05) is 12.6 Å². The van der Waals surface area contributed by atoms with E-state index in [-0.39, 0.29) is 39.1 Å². The summed E-state index contributed by atoms with van der Waals surface area (Å²) in [5, 5.41) is 3.08. The van der Waals surface area contributed by atoms with Crippen LogP contribution in [0.1, 0.15) is 39.2 Å². The van der Waals surface area contributed by atoms with E-state index in [1.54, 1.807) is 55.6 Å². The molecule has 0 bridgehead atoms. The quantitative estimate of drug-likeness (QED) is 0.256. The lowest BCUT2D eigenvalue weighted by atomic mass is 10.1. The van der Waals surface area contributed by atoms with Gasteiger partial charge >= 0.3 is 0 Å². The van der Waals surface area contributed by atoms with Crippen LogP contribution in [0.4, 0.5) is 5.69 Å². The van der Waals surface area contributed by atoms with Crippen molar-refractivity contribution in [2.45, 2.75) is 57.1 Å². The fourth-order valence-corrected chi connectivity index (χ4v) is 6.10. The first-order valence-corrected chi connectivity index (χ1v) is 15.5. The van der Waals surface area contributed by atoms with E-state index in [9.17, 15) is 18.0 Å². The van der Waals surface area contributed by atoms with E-state index in [0.717, 1.165) is 9.87 Å². The van der Waals surface area contributed by atoms with Gasteiger partial charge in [-0.1, -0.05) is 73.4 Å². The summed E-state index contributed by atoms with van der Waals surface area (Å²) in [7, 11) is -2.70. The molecule has 220 valence electrons. The predicted octanol–water partition coefficient (Wildman–Crippen LogP) is 5.92. The van der Waals surface area contributed by atoms with Crippen LogP contribution >= 0.6 is 23.2 Å². The molecular weight excluding hydrogens is 585 g/mol. The fraction of sp³-hybridized carbons (Fsp3) is 0.333. The summed E-state index contributed by atoms with van der Waals surface area (Å²) in [4.78, 5) is 28.9. The molecule has 0 saturated heterocycles. The second-order valence-corrected chi connectivity index (χ2v) is 12.2. The molecule has 3 aromatic carbocycles. The summed E-state index contributed by atoms with van der Waals surface area (Å²) in [5.41, 5.74) is 0.796. The van der Waals surface area contributed by atoms with Crippen molar-refractivity contribution in [3.05, 3.63) is 88.4 Å². The highest BCUT2D eigenvalue weighted by Gasteiger charge is 2.34. The van der Waals surface area contributed by atoms with Gasteiger partial charge in [-0.3, -0.25) is 13.9 Å². The van der Waals surface area contributed by atoms with E-state index in [4.69, 9.17) is 27.9 Å². The molecule has 0 aromatic heterocycles. The number of anilines is 1. The number of halogens is 2. The minimum Gasteiger partial charge on any atom is -0.497 e. The number of benzene rings is 3. The van der Waals surface area contributed by atoms with Gasteiger partial charge in [-0.15, -0.1) is 0 Å². The molecule has 2 amide bonds. The van der Waals surface area contributed by atoms with Crippen molar-refractivity contribution in [2.75, 3.05) is 18.0 Å². The summed E-state index contributed by atoms with van der Waals surface area (Å²) in [6.07, 6.45) is 1.03. The van der Waals surface area contributed by atoms with Gasteiger partial charge in [-0.05, 0) is 61.7 Å². The number of nitrogens with one attached hydrogen (secondary N) is 1. The molecule has 0 unspecified atom stereocenters. The SMILES string of the molecule is CC[C@H](C)NC(=O)[C@H](CC)N(Cc1ccc(OC)cc1)C(=O)CN(c1cccc(Cl)c1Cl)S(=O)(=O)c1ccccc1. The second-order valence-electron chi connectivity index (χ2n) is 9.51. The highest BCUT2D eigenvalue weighted by molar-refractivity contribution is 7.92. The van der Waals surface area contributed by atoms with Crippen LogP contribution in [0.25, 0.3) is 0 Å². The largest absolute Gasteiger partial charge is 0.497 e. The zero-order valence-electron chi connectivity index (χ0n) is 23.5. The Morgan fingerprint density at radius 2 is 1.59 bits per heavy atom. The number of methoxy groups -OCH3 is 1. The first-order chi connectivity index (χ1) is 19.5. The molecule has 0 aliphatic rings. The zero-order chi connectivity index (χ0) is 30.2. The maximum Gasteiger partial charge on any atom is 0.264 e. The van der Waals surface area contributed by atoms with Crippen molar-refractivity contribution in [1.29, 1.82) is 0 Å². The van der Waals surface area contributed by atoms with Gasteiger partial charge in [-0.2, -0.15) is 0 Å². The fourth-order valence-electron chi connectivity index (χ4n) is 4.21. The summed E-state index contributed by atoms with van der Waals surface area (Å²) >= 11 is 12.7. The van der Waals surface area contributed by atoms with E-state index >= 15 is 0 Å². The molecular formula is C30H35Cl2N3O5S. The number of nitrogens with zero attached hydrogens (tertiary/aromatic N) is 2. The van der Waals surface area contributed by atoms with Crippen LogP contribution in [0.5, 0.6) is 5.75 Å². The molecule has 2 atom stereocenters. The molecule has 0 aliphatic carbocycles. The first-order valence-electron chi connectivity index (χ1n) is 13.3. The molecule has 0 saturated carbocycles. The van der Waals surface area contributed by atoms with Crippen molar-refractivity contribution in [2.24, 2.45) is 0 Å². The second kappa shape index (κ2) is 14.6. The topological polar surface area (TPSA) is 96.0 Å². The van der Waals surface area contributed by atoms with Crippen LogP contribution in [-0.4, -0.2) is 50.9 Å². The summed E-state index contributed by atoms with van der Waals surface area (Å²) in [6.45, 7) is 5.10. The van der Waals surface area contributed by atoms with Gasteiger partial charge in [0.25, 0.3) is 10.0 Å². The number of carbonyl (C=O) groups is 2. The van der Waals surface area contributed by atoms with Crippen LogP contribution in [0.2, 0.25) is 10.0 Å². The highest BCUT2D eigenvalue weighted by atomic mass is 35.5. The Morgan fingerprint density at radius 3 is 2.17 bits per heavy atom. The maximum atomic E-state index is 14.1. The van der Waals surface area contributed by atoms with Crippen molar-refractivity contribution in [1.82, 2.24) is 10.2 Å². The van der Waals surface area contributed by atoms with Crippen LogP contribution in [0.3, 0.4) is 0 Å². The monoisotopic (exact) mass is 619 g/mol. The summed E-state index contributed by atoms with van der Waals surface area (Å²) in [5.74, 6) is -0.256. The van der Waals surface area contributed by atoms with Gasteiger partial charge in [-0.25, -0.2) is 8.42 Å². The lowest BCUT2D eigenvalue weighted by molar-refractivity contribution is -0.140. The number of amides is 2. The summed E-state index contributed by atoms with van der Waals surface area (Å²) < 4.78 is 34.0. The van der Waals surface area contributed by atoms with E-state index < -0.39 is 28.5 Å². The van der Waals surface area contributed by atoms with Gasteiger partial charge < -0.3 is 15.0 Å². The number of hydrogen-bond acceptors (Lipinski definition) is 5. The number of sulfonamides is 1. The molecule has 1 N–H and O–H groups in total. The molecule has 8 nitrogen and oxygen atoms in total. The zero-order valence-corrected chi connectivity index (χ0v) is 25.8. The van der Waals surface area contributed by atoms with Crippen LogP contribution in [0, 0.1) is 0 Å². The molecule has 3 rings (SSSR count). The molecule has 0 heterocycles. The number of hydrogen-bond donors (Lipinski definition) is 1. The Hall–Kier alpha value is -3.27. The Kier molecular flexibility index (Phi) is 11.5. The van der Waals surface area contributed by atoms with Crippen molar-refractivity contribution < 1.29 is 22.7 Å². The average Bonchev–Trinajstić information content (AvgIpc) is 2.97. The normalized spacial score (nSPS) is 12.7. The maximum absolute atomic E-state index is 14.1. The number of ether oxygens (including phenoxy) is 1. The summed E-state index contributed by atoms with van der Waals surface area (Å²) in [6, 6.07) is 18.5. The van der Waals surface area contributed by atoms with E-state index in [0.29, 0.717) is 18.6 Å². The average molecular weight is 621 g/mol. The predicted molar refractivity (Wildman–Crippen MR) is 163 cm³/mol. The van der Waals surface area contributed by atoms with Gasteiger partial charge in [0.05, 0.1) is 27.7 Å². The number of carbonyl (C=O) groups excluding carboxylic acids is 2. The molecule has 0 spiro atoms. The molecule has 0 aliphatic heterocycles.